The van der Waals surface area contributed by atoms with Crippen molar-refractivity contribution >= 4 is 5.91 Å². The molecule has 2 aromatic rings. The highest BCUT2D eigenvalue weighted by Crippen LogP contribution is 2.50. The molecule has 2 aromatic carbocycles. The minimum atomic E-state index is -0.308. The van der Waals surface area contributed by atoms with Gasteiger partial charge in [-0.05, 0) is 62.0 Å². The number of ether oxygens (including phenoxy) is 1. The molecule has 2 fully saturated rings. The molecule has 29 heavy (non-hydrogen) atoms. The number of amides is 1. The molecule has 0 atom stereocenters. The zero-order valence-electron chi connectivity index (χ0n) is 17.1. The van der Waals surface area contributed by atoms with Gasteiger partial charge in [0.25, 0.3) is 0 Å². The Morgan fingerprint density at radius 3 is 2.52 bits per heavy atom. The largest absolute Gasteiger partial charge is 0.491 e. The molecule has 0 unspecified atom stereocenters. The van der Waals surface area contributed by atoms with Crippen LogP contribution in [-0.4, -0.2) is 41.9 Å². The van der Waals surface area contributed by atoms with Gasteiger partial charge in [-0.3, -0.25) is 9.69 Å². The first-order chi connectivity index (χ1) is 14.2. The van der Waals surface area contributed by atoms with Gasteiger partial charge < -0.3 is 9.64 Å². The lowest BCUT2D eigenvalue weighted by molar-refractivity contribution is -0.134. The minimum absolute atomic E-state index is 0.265. The maximum atomic E-state index is 13.5. The van der Waals surface area contributed by atoms with Crippen molar-refractivity contribution in [3.63, 3.8) is 0 Å². The third-order valence-corrected chi connectivity index (χ3v) is 6.73. The third-order valence-electron chi connectivity index (χ3n) is 6.73. The average Bonchev–Trinajstić information content (AvgIpc) is 3.59. The first kappa shape index (κ1) is 18.7. The van der Waals surface area contributed by atoms with Gasteiger partial charge in [0.05, 0.1) is 12.0 Å². The molecule has 0 aromatic heterocycles. The highest BCUT2D eigenvalue weighted by Gasteiger charge is 2.53. The van der Waals surface area contributed by atoms with Gasteiger partial charge in [-0.25, -0.2) is 0 Å². The van der Waals surface area contributed by atoms with Gasteiger partial charge in [-0.15, -0.1) is 0 Å². The second kappa shape index (κ2) is 7.83. The van der Waals surface area contributed by atoms with E-state index in [-0.39, 0.29) is 11.3 Å². The smallest absolute Gasteiger partial charge is 0.233 e. The fourth-order valence-corrected chi connectivity index (χ4v) is 4.91. The number of benzene rings is 2. The molecule has 1 saturated carbocycles. The number of likely N-dealkylation sites (tertiary alicyclic amines) is 1. The molecule has 4 heteroatoms. The summed E-state index contributed by atoms with van der Waals surface area (Å²) in [5.74, 6) is 1.20. The lowest BCUT2D eigenvalue weighted by Gasteiger charge is -2.27. The van der Waals surface area contributed by atoms with E-state index in [0.29, 0.717) is 19.7 Å². The Kier molecular flexibility index (Phi) is 5.04. The fraction of sp³-hybridized carbons (Fsp3) is 0.480. The van der Waals surface area contributed by atoms with Crippen LogP contribution in [0.3, 0.4) is 0 Å². The number of piperidine rings is 1. The summed E-state index contributed by atoms with van der Waals surface area (Å²) < 4.78 is 6.01. The summed E-state index contributed by atoms with van der Waals surface area (Å²) in [4.78, 5) is 18.1. The Labute approximate surface area is 173 Å². The van der Waals surface area contributed by atoms with Crippen LogP contribution in [0.5, 0.6) is 5.75 Å². The van der Waals surface area contributed by atoms with E-state index >= 15 is 0 Å². The van der Waals surface area contributed by atoms with Gasteiger partial charge in [0.1, 0.15) is 12.4 Å². The number of hydrogen-bond donors (Lipinski definition) is 0. The van der Waals surface area contributed by atoms with E-state index in [2.05, 4.69) is 35.2 Å². The van der Waals surface area contributed by atoms with Crippen molar-refractivity contribution < 1.29 is 9.53 Å². The lowest BCUT2D eigenvalue weighted by Crippen LogP contribution is -2.40. The molecule has 3 aliphatic rings. The zero-order chi connectivity index (χ0) is 19.7. The number of carbonyl (C=O) groups excluding carboxylic acids is 1. The molecule has 2 heterocycles. The Balaban J connectivity index is 1.34. The molecule has 5 rings (SSSR count). The van der Waals surface area contributed by atoms with Crippen molar-refractivity contribution in [2.45, 2.75) is 50.6 Å². The number of nitrogens with zero attached hydrogens (tertiary/aromatic N) is 2. The molecule has 0 spiro atoms. The quantitative estimate of drug-likeness (QED) is 0.787. The predicted octanol–water partition coefficient (Wildman–Crippen LogP) is 4.13. The van der Waals surface area contributed by atoms with Crippen LogP contribution in [-0.2, 0) is 23.3 Å². The van der Waals surface area contributed by atoms with Crippen molar-refractivity contribution in [1.82, 2.24) is 9.80 Å². The highest BCUT2D eigenvalue weighted by atomic mass is 16.5. The maximum Gasteiger partial charge on any atom is 0.233 e. The van der Waals surface area contributed by atoms with Gasteiger partial charge in [0, 0.05) is 18.7 Å². The highest BCUT2D eigenvalue weighted by molar-refractivity contribution is 5.91. The average molecular weight is 391 g/mol. The SMILES string of the molecule is O=C(N1CCOc2ccc(CN3CCCCC3)cc2C1)C1(c2ccccc2)CC1. The van der Waals surface area contributed by atoms with Crippen molar-refractivity contribution in [2.24, 2.45) is 0 Å². The lowest BCUT2D eigenvalue weighted by atomic mass is 9.94. The van der Waals surface area contributed by atoms with Crippen LogP contribution in [0.25, 0.3) is 0 Å². The van der Waals surface area contributed by atoms with E-state index < -0.39 is 0 Å². The molecule has 0 bridgehead atoms. The van der Waals surface area contributed by atoms with Gasteiger partial charge >= 0.3 is 0 Å². The molecule has 1 saturated heterocycles. The van der Waals surface area contributed by atoms with Crippen LogP contribution in [0.2, 0.25) is 0 Å². The van der Waals surface area contributed by atoms with Gasteiger partial charge in [0.2, 0.25) is 5.91 Å². The molecule has 152 valence electrons. The van der Waals surface area contributed by atoms with Gasteiger partial charge in [0.15, 0.2) is 0 Å². The predicted molar refractivity (Wildman–Crippen MR) is 114 cm³/mol. The molecule has 4 nitrogen and oxygen atoms in total. The van der Waals surface area contributed by atoms with Crippen LogP contribution in [0.1, 0.15) is 48.8 Å². The zero-order valence-corrected chi connectivity index (χ0v) is 17.1. The van der Waals surface area contributed by atoms with Crippen molar-refractivity contribution in [3.8, 4) is 5.75 Å². The summed E-state index contributed by atoms with van der Waals surface area (Å²) in [7, 11) is 0. The Morgan fingerprint density at radius 1 is 0.966 bits per heavy atom. The topological polar surface area (TPSA) is 32.8 Å². The summed E-state index contributed by atoms with van der Waals surface area (Å²) in [5, 5.41) is 0. The molecule has 0 N–H and O–H groups in total. The van der Waals surface area contributed by atoms with Crippen molar-refractivity contribution in [2.75, 3.05) is 26.2 Å². The standard InChI is InChI=1S/C25H30N2O2/c28-24(25(11-12-25)22-7-3-1-4-8-22)27-15-16-29-23-10-9-20(17-21(23)19-27)18-26-13-5-2-6-14-26/h1,3-4,7-10,17H,2,5-6,11-16,18-19H2. The Morgan fingerprint density at radius 2 is 1.76 bits per heavy atom. The van der Waals surface area contributed by atoms with E-state index in [1.165, 1.54) is 37.9 Å². The monoisotopic (exact) mass is 390 g/mol. The summed E-state index contributed by atoms with van der Waals surface area (Å²) in [6.45, 7) is 5.25. The summed E-state index contributed by atoms with van der Waals surface area (Å²) in [5.41, 5.74) is 3.33. The summed E-state index contributed by atoms with van der Waals surface area (Å²) in [6.07, 6.45) is 5.87. The van der Waals surface area contributed by atoms with Crippen LogP contribution in [0.15, 0.2) is 48.5 Å². The van der Waals surface area contributed by atoms with Crippen LogP contribution < -0.4 is 4.74 Å². The Hall–Kier alpha value is -2.33. The van der Waals surface area contributed by atoms with Crippen LogP contribution in [0, 0.1) is 0 Å². The molecule has 1 aliphatic carbocycles. The normalized spacial score (nSPS) is 21.0. The maximum absolute atomic E-state index is 13.5. The van der Waals surface area contributed by atoms with Gasteiger partial charge in [-0.1, -0.05) is 42.8 Å². The second-order valence-corrected chi connectivity index (χ2v) is 8.80. The van der Waals surface area contributed by atoms with Crippen LogP contribution in [0.4, 0.5) is 0 Å². The van der Waals surface area contributed by atoms with E-state index in [1.54, 1.807) is 0 Å². The number of rotatable bonds is 4. The summed E-state index contributed by atoms with van der Waals surface area (Å²) in [6, 6.07) is 16.9. The first-order valence-electron chi connectivity index (χ1n) is 11.1. The van der Waals surface area contributed by atoms with E-state index in [9.17, 15) is 4.79 Å². The van der Waals surface area contributed by atoms with Crippen molar-refractivity contribution in [1.29, 1.82) is 0 Å². The van der Waals surface area contributed by atoms with Crippen LogP contribution >= 0.6 is 0 Å². The first-order valence-corrected chi connectivity index (χ1v) is 11.1. The van der Waals surface area contributed by atoms with E-state index in [4.69, 9.17) is 4.74 Å². The number of carbonyl (C=O) groups is 1. The Bertz CT molecular complexity index is 870. The molecule has 0 radical (unpaired) electrons. The number of fused-ring (bicyclic) bond motifs is 1. The van der Waals surface area contributed by atoms with E-state index in [0.717, 1.165) is 36.3 Å². The number of hydrogen-bond acceptors (Lipinski definition) is 3. The molecular formula is C25H30N2O2. The molecule has 1 amide bonds. The van der Waals surface area contributed by atoms with E-state index in [1.807, 2.05) is 23.1 Å². The molecule has 2 aliphatic heterocycles. The van der Waals surface area contributed by atoms with Gasteiger partial charge in [-0.2, -0.15) is 0 Å². The molecular weight excluding hydrogens is 360 g/mol. The van der Waals surface area contributed by atoms with Crippen molar-refractivity contribution in [3.05, 3.63) is 65.2 Å². The minimum Gasteiger partial charge on any atom is -0.491 e. The second-order valence-electron chi connectivity index (χ2n) is 8.80. The summed E-state index contributed by atoms with van der Waals surface area (Å²) >= 11 is 0. The fourth-order valence-electron chi connectivity index (χ4n) is 4.91. The third kappa shape index (κ3) is 3.78.